The van der Waals surface area contributed by atoms with Crippen molar-refractivity contribution in [2.45, 2.75) is 37.1 Å². The zero-order chi connectivity index (χ0) is 17.7. The van der Waals surface area contributed by atoms with E-state index in [1.54, 1.807) is 11.9 Å². The van der Waals surface area contributed by atoms with Gasteiger partial charge in [0.15, 0.2) is 12.2 Å². The molecule has 130 valence electrons. The summed E-state index contributed by atoms with van der Waals surface area (Å²) in [6, 6.07) is 18.0. The number of likely N-dealkylation sites (N-methyl/N-ethyl adjacent to an activating group) is 1. The van der Waals surface area contributed by atoms with Crippen LogP contribution < -0.4 is 10.5 Å². The summed E-state index contributed by atoms with van der Waals surface area (Å²) in [7, 11) is 1.77. The summed E-state index contributed by atoms with van der Waals surface area (Å²) >= 11 is 0. The molecular formula is C20H23N3O2. The molecule has 2 aliphatic rings. The standard InChI is InChI=1S/C20H23N3O2/c1-19(12-14-8-4-3-5-9-14)13-20(17(24)23(2)18(21)22-20)15-10-6-7-11-16(15)25-19/h3-11,17,24H,12-13H2,1-2H3,(H2,21,22). The smallest absolute Gasteiger partial charge is 0.194 e. The molecule has 0 aliphatic carbocycles. The van der Waals surface area contributed by atoms with Crippen LogP contribution in [0.1, 0.15) is 24.5 Å². The van der Waals surface area contributed by atoms with Crippen molar-refractivity contribution >= 4 is 5.96 Å². The molecule has 3 atom stereocenters. The molecule has 0 amide bonds. The highest BCUT2D eigenvalue weighted by Crippen LogP contribution is 2.51. The SMILES string of the molecule is CN1C(N)=NC2(CC(C)(Cc3ccccc3)Oc3ccccc32)C1O. The van der Waals surface area contributed by atoms with Gasteiger partial charge < -0.3 is 20.5 Å². The average Bonchev–Trinajstić information content (AvgIpc) is 2.80. The highest BCUT2D eigenvalue weighted by molar-refractivity contribution is 5.81. The van der Waals surface area contributed by atoms with E-state index in [4.69, 9.17) is 15.5 Å². The van der Waals surface area contributed by atoms with Crippen LogP contribution in [0.25, 0.3) is 0 Å². The molecule has 2 aliphatic heterocycles. The first kappa shape index (κ1) is 16.0. The Balaban J connectivity index is 1.80. The highest BCUT2D eigenvalue weighted by Gasteiger charge is 2.56. The maximum atomic E-state index is 11.0. The maximum absolute atomic E-state index is 11.0. The molecule has 3 unspecified atom stereocenters. The van der Waals surface area contributed by atoms with Crippen LogP contribution in [0.4, 0.5) is 0 Å². The van der Waals surface area contributed by atoms with Crippen LogP contribution in [-0.2, 0) is 12.0 Å². The molecule has 5 heteroatoms. The number of fused-ring (bicyclic) bond motifs is 2. The minimum absolute atomic E-state index is 0.353. The van der Waals surface area contributed by atoms with E-state index in [1.165, 1.54) is 5.56 Å². The van der Waals surface area contributed by atoms with E-state index < -0.39 is 17.4 Å². The Labute approximate surface area is 147 Å². The number of benzene rings is 2. The van der Waals surface area contributed by atoms with Crippen molar-refractivity contribution in [3.8, 4) is 5.75 Å². The van der Waals surface area contributed by atoms with Crippen molar-refractivity contribution in [1.29, 1.82) is 0 Å². The van der Waals surface area contributed by atoms with Gasteiger partial charge in [0.25, 0.3) is 0 Å². The second-order valence-electron chi connectivity index (χ2n) is 7.27. The van der Waals surface area contributed by atoms with Gasteiger partial charge in [-0.25, -0.2) is 4.99 Å². The molecular weight excluding hydrogens is 314 g/mol. The largest absolute Gasteiger partial charge is 0.487 e. The molecule has 1 spiro atoms. The van der Waals surface area contributed by atoms with Gasteiger partial charge in [0.1, 0.15) is 16.9 Å². The summed E-state index contributed by atoms with van der Waals surface area (Å²) in [5, 5.41) is 11.0. The maximum Gasteiger partial charge on any atom is 0.194 e. The molecule has 25 heavy (non-hydrogen) atoms. The van der Waals surface area contributed by atoms with Crippen molar-refractivity contribution in [2.75, 3.05) is 7.05 Å². The first-order valence-corrected chi connectivity index (χ1v) is 8.52. The third-order valence-electron chi connectivity index (χ3n) is 5.24. The van der Waals surface area contributed by atoms with Crippen LogP contribution in [0.5, 0.6) is 5.75 Å². The van der Waals surface area contributed by atoms with Gasteiger partial charge in [-0.3, -0.25) is 0 Å². The molecule has 0 bridgehead atoms. The van der Waals surface area contributed by atoms with E-state index in [1.807, 2.05) is 42.5 Å². The predicted octanol–water partition coefficient (Wildman–Crippen LogP) is 2.24. The van der Waals surface area contributed by atoms with Crippen LogP contribution in [0.2, 0.25) is 0 Å². The summed E-state index contributed by atoms with van der Waals surface area (Å²) < 4.78 is 6.39. The summed E-state index contributed by atoms with van der Waals surface area (Å²) in [5.41, 5.74) is 6.83. The molecule has 0 saturated heterocycles. The van der Waals surface area contributed by atoms with Gasteiger partial charge in [0, 0.05) is 25.5 Å². The number of hydrogen-bond donors (Lipinski definition) is 2. The predicted molar refractivity (Wildman–Crippen MR) is 97.3 cm³/mol. The van der Waals surface area contributed by atoms with E-state index in [0.717, 1.165) is 17.7 Å². The molecule has 0 fully saturated rings. The summed E-state index contributed by atoms with van der Waals surface area (Å²) in [4.78, 5) is 6.34. The van der Waals surface area contributed by atoms with E-state index in [0.29, 0.717) is 12.4 Å². The van der Waals surface area contributed by atoms with E-state index in [9.17, 15) is 5.11 Å². The Morgan fingerprint density at radius 3 is 2.56 bits per heavy atom. The fraction of sp³-hybridized carbons (Fsp3) is 0.350. The first-order valence-electron chi connectivity index (χ1n) is 8.52. The number of rotatable bonds is 2. The zero-order valence-electron chi connectivity index (χ0n) is 14.5. The minimum atomic E-state index is -0.812. The minimum Gasteiger partial charge on any atom is -0.487 e. The molecule has 2 aromatic rings. The Bertz CT molecular complexity index is 823. The Kier molecular flexibility index (Phi) is 3.51. The second kappa shape index (κ2) is 5.49. The van der Waals surface area contributed by atoms with E-state index >= 15 is 0 Å². The van der Waals surface area contributed by atoms with Crippen molar-refractivity contribution in [3.63, 3.8) is 0 Å². The number of guanidine groups is 1. The van der Waals surface area contributed by atoms with E-state index in [2.05, 4.69) is 19.1 Å². The first-order chi connectivity index (χ1) is 11.9. The molecule has 0 radical (unpaired) electrons. The molecule has 2 heterocycles. The van der Waals surface area contributed by atoms with Crippen LogP contribution in [0, 0.1) is 0 Å². The van der Waals surface area contributed by atoms with Crippen molar-refractivity contribution in [2.24, 2.45) is 10.7 Å². The molecule has 3 N–H and O–H groups in total. The number of nitrogens with zero attached hydrogens (tertiary/aromatic N) is 2. The van der Waals surface area contributed by atoms with Gasteiger partial charge >= 0.3 is 0 Å². The number of hydrogen-bond acceptors (Lipinski definition) is 5. The van der Waals surface area contributed by atoms with Gasteiger partial charge in [-0.2, -0.15) is 0 Å². The lowest BCUT2D eigenvalue weighted by Gasteiger charge is -2.46. The second-order valence-corrected chi connectivity index (χ2v) is 7.27. The monoisotopic (exact) mass is 337 g/mol. The van der Waals surface area contributed by atoms with Crippen LogP contribution >= 0.6 is 0 Å². The van der Waals surface area contributed by atoms with Gasteiger partial charge in [0.2, 0.25) is 0 Å². The number of aliphatic hydroxyl groups excluding tert-OH is 1. The summed E-state index contributed by atoms with van der Waals surface area (Å²) in [5.74, 6) is 1.12. The molecule has 4 rings (SSSR count). The number of aliphatic hydroxyl groups is 1. The number of para-hydroxylation sites is 1. The number of nitrogens with two attached hydrogens (primary N) is 1. The topological polar surface area (TPSA) is 71.1 Å². The average molecular weight is 337 g/mol. The van der Waals surface area contributed by atoms with Crippen LogP contribution in [0.3, 0.4) is 0 Å². The fourth-order valence-electron chi connectivity index (χ4n) is 4.12. The highest BCUT2D eigenvalue weighted by atomic mass is 16.5. The number of aliphatic imine (C=N–C) groups is 1. The van der Waals surface area contributed by atoms with Gasteiger partial charge in [-0.1, -0.05) is 48.5 Å². The fourth-order valence-corrected chi connectivity index (χ4v) is 4.12. The normalized spacial score (nSPS) is 30.8. The third kappa shape index (κ3) is 2.46. The van der Waals surface area contributed by atoms with Crippen molar-refractivity contribution in [1.82, 2.24) is 4.90 Å². The zero-order valence-corrected chi connectivity index (χ0v) is 14.5. The van der Waals surface area contributed by atoms with Crippen LogP contribution in [0.15, 0.2) is 59.6 Å². The lowest BCUT2D eigenvalue weighted by Crippen LogP contribution is -2.53. The third-order valence-corrected chi connectivity index (χ3v) is 5.24. The summed E-state index contributed by atoms with van der Waals surface area (Å²) in [6.07, 6.45) is 0.473. The Morgan fingerprint density at radius 2 is 1.88 bits per heavy atom. The molecule has 5 nitrogen and oxygen atoms in total. The molecule has 0 saturated carbocycles. The Hall–Kier alpha value is -2.53. The van der Waals surface area contributed by atoms with Gasteiger partial charge in [-0.15, -0.1) is 0 Å². The molecule has 2 aromatic carbocycles. The van der Waals surface area contributed by atoms with Crippen LogP contribution in [-0.4, -0.2) is 34.8 Å². The number of ether oxygens (including phenoxy) is 1. The lowest BCUT2D eigenvalue weighted by molar-refractivity contribution is -0.0479. The van der Waals surface area contributed by atoms with E-state index in [-0.39, 0.29) is 0 Å². The lowest BCUT2D eigenvalue weighted by atomic mass is 9.74. The summed E-state index contributed by atoms with van der Waals surface area (Å²) in [6.45, 7) is 2.08. The van der Waals surface area contributed by atoms with Crippen molar-refractivity contribution < 1.29 is 9.84 Å². The van der Waals surface area contributed by atoms with Gasteiger partial charge in [-0.05, 0) is 18.6 Å². The molecule has 0 aromatic heterocycles. The Morgan fingerprint density at radius 1 is 1.20 bits per heavy atom. The van der Waals surface area contributed by atoms with Crippen molar-refractivity contribution in [3.05, 3.63) is 65.7 Å². The quantitative estimate of drug-likeness (QED) is 0.882. The van der Waals surface area contributed by atoms with Gasteiger partial charge in [0.05, 0.1) is 0 Å².